The maximum Gasteiger partial charge on any atom is 0.221 e. The molecule has 1 aliphatic rings. The lowest BCUT2D eigenvalue weighted by Crippen LogP contribution is -2.32. The van der Waals surface area contributed by atoms with Crippen LogP contribution in [0.5, 0.6) is 0 Å². The second-order valence-electron chi connectivity index (χ2n) is 7.18. The Bertz CT molecular complexity index is 633. The first-order valence-electron chi connectivity index (χ1n) is 7.68. The fourth-order valence-corrected chi connectivity index (χ4v) is 3.63. The molecule has 1 aromatic carbocycles. The molecular formula is C17H24N2O2. The van der Waals surface area contributed by atoms with E-state index in [1.807, 2.05) is 12.1 Å². The molecule has 4 nitrogen and oxygen atoms in total. The summed E-state index contributed by atoms with van der Waals surface area (Å²) in [6, 6.07) is 5.52. The van der Waals surface area contributed by atoms with Gasteiger partial charge in [-0.2, -0.15) is 0 Å². The maximum atomic E-state index is 6.05. The van der Waals surface area contributed by atoms with Crippen molar-refractivity contribution in [3.63, 3.8) is 0 Å². The predicted octanol–water partition coefficient (Wildman–Crippen LogP) is 4.14. The van der Waals surface area contributed by atoms with Crippen LogP contribution in [0.15, 0.2) is 22.6 Å². The van der Waals surface area contributed by atoms with Crippen molar-refractivity contribution in [1.29, 1.82) is 0 Å². The van der Waals surface area contributed by atoms with Gasteiger partial charge in [0.2, 0.25) is 5.89 Å². The van der Waals surface area contributed by atoms with Crippen molar-refractivity contribution >= 4 is 16.8 Å². The van der Waals surface area contributed by atoms with Crippen LogP contribution in [-0.2, 0) is 11.3 Å². The molecule has 2 aromatic rings. The van der Waals surface area contributed by atoms with Crippen molar-refractivity contribution in [2.45, 2.75) is 52.7 Å². The summed E-state index contributed by atoms with van der Waals surface area (Å²) < 4.78 is 11.7. The molecule has 0 aliphatic heterocycles. The topological polar surface area (TPSA) is 61.3 Å². The van der Waals surface area contributed by atoms with Gasteiger partial charge in [0.25, 0.3) is 0 Å². The minimum atomic E-state index is 0.295. The van der Waals surface area contributed by atoms with Crippen LogP contribution in [0.3, 0.4) is 0 Å². The highest BCUT2D eigenvalue weighted by Gasteiger charge is 2.32. The Kier molecular flexibility index (Phi) is 3.66. The standard InChI is InChI=1S/C17H24N2O2/c1-11-6-13(9-17(2,3)8-11)20-10-16-19-14-5-4-12(18)7-15(14)21-16/h4-5,7,11,13H,6,8-10,18H2,1-3H3. The molecule has 0 saturated heterocycles. The molecule has 1 fully saturated rings. The van der Waals surface area contributed by atoms with E-state index in [0.717, 1.165) is 23.9 Å². The van der Waals surface area contributed by atoms with E-state index < -0.39 is 0 Å². The zero-order valence-corrected chi connectivity index (χ0v) is 13.1. The molecule has 1 heterocycles. The van der Waals surface area contributed by atoms with Crippen LogP contribution in [0, 0.1) is 11.3 Å². The van der Waals surface area contributed by atoms with E-state index >= 15 is 0 Å². The molecule has 0 radical (unpaired) electrons. The summed E-state index contributed by atoms with van der Waals surface area (Å²) in [6.45, 7) is 7.38. The van der Waals surface area contributed by atoms with Gasteiger partial charge in [0.15, 0.2) is 5.58 Å². The number of ether oxygens (including phenoxy) is 1. The SMILES string of the molecule is CC1CC(OCc2nc3ccc(N)cc3o2)CC(C)(C)C1. The summed E-state index contributed by atoms with van der Waals surface area (Å²) in [6.07, 6.45) is 3.79. The fraction of sp³-hybridized carbons (Fsp3) is 0.588. The smallest absolute Gasteiger partial charge is 0.221 e. The van der Waals surface area contributed by atoms with Gasteiger partial charge in [-0.15, -0.1) is 0 Å². The number of aromatic nitrogens is 1. The number of nitrogens with two attached hydrogens (primary N) is 1. The van der Waals surface area contributed by atoms with Crippen molar-refractivity contribution < 1.29 is 9.15 Å². The molecule has 1 aliphatic carbocycles. The number of benzene rings is 1. The van der Waals surface area contributed by atoms with Crippen LogP contribution in [0.1, 0.15) is 45.9 Å². The van der Waals surface area contributed by atoms with Crippen molar-refractivity contribution in [3.8, 4) is 0 Å². The van der Waals surface area contributed by atoms with Gasteiger partial charge in [-0.25, -0.2) is 4.98 Å². The van der Waals surface area contributed by atoms with Gasteiger partial charge in [-0.1, -0.05) is 20.8 Å². The minimum absolute atomic E-state index is 0.295. The summed E-state index contributed by atoms with van der Waals surface area (Å²) >= 11 is 0. The van der Waals surface area contributed by atoms with Gasteiger partial charge in [-0.3, -0.25) is 0 Å². The van der Waals surface area contributed by atoms with Gasteiger partial charge >= 0.3 is 0 Å². The summed E-state index contributed by atoms with van der Waals surface area (Å²) in [5.74, 6) is 1.34. The summed E-state index contributed by atoms with van der Waals surface area (Å²) in [5, 5.41) is 0. The summed E-state index contributed by atoms with van der Waals surface area (Å²) in [7, 11) is 0. The lowest BCUT2D eigenvalue weighted by atomic mass is 9.71. The first-order chi connectivity index (χ1) is 9.91. The van der Waals surface area contributed by atoms with Crippen LogP contribution in [0.4, 0.5) is 5.69 Å². The molecule has 1 saturated carbocycles. The summed E-state index contributed by atoms with van der Waals surface area (Å²) in [4.78, 5) is 4.45. The highest BCUT2D eigenvalue weighted by atomic mass is 16.5. The lowest BCUT2D eigenvalue weighted by Gasteiger charge is -2.38. The third-order valence-corrected chi connectivity index (χ3v) is 4.25. The quantitative estimate of drug-likeness (QED) is 0.862. The van der Waals surface area contributed by atoms with Crippen LogP contribution < -0.4 is 5.73 Å². The Morgan fingerprint density at radius 1 is 1.38 bits per heavy atom. The third kappa shape index (κ3) is 3.38. The van der Waals surface area contributed by atoms with E-state index in [-0.39, 0.29) is 0 Å². The molecule has 21 heavy (non-hydrogen) atoms. The maximum absolute atomic E-state index is 6.05. The second-order valence-corrected chi connectivity index (χ2v) is 7.18. The number of nitrogens with zero attached hydrogens (tertiary/aromatic N) is 1. The van der Waals surface area contributed by atoms with Crippen molar-refractivity contribution in [3.05, 3.63) is 24.1 Å². The zero-order chi connectivity index (χ0) is 15.0. The molecule has 0 bridgehead atoms. The first kappa shape index (κ1) is 14.4. The van der Waals surface area contributed by atoms with Crippen molar-refractivity contribution in [2.24, 2.45) is 11.3 Å². The van der Waals surface area contributed by atoms with E-state index in [2.05, 4.69) is 25.8 Å². The molecule has 4 heteroatoms. The Morgan fingerprint density at radius 3 is 2.95 bits per heavy atom. The Hall–Kier alpha value is -1.55. The number of oxazole rings is 1. The Morgan fingerprint density at radius 2 is 2.19 bits per heavy atom. The number of hydrogen-bond donors (Lipinski definition) is 1. The molecule has 1 aromatic heterocycles. The highest BCUT2D eigenvalue weighted by molar-refractivity contribution is 5.76. The van der Waals surface area contributed by atoms with E-state index in [1.54, 1.807) is 6.07 Å². The molecular weight excluding hydrogens is 264 g/mol. The predicted molar refractivity (Wildman–Crippen MR) is 83.8 cm³/mol. The van der Waals surface area contributed by atoms with Crippen LogP contribution >= 0.6 is 0 Å². The molecule has 2 atom stereocenters. The number of hydrogen-bond acceptors (Lipinski definition) is 4. The van der Waals surface area contributed by atoms with Crippen molar-refractivity contribution in [2.75, 3.05) is 5.73 Å². The Balaban J connectivity index is 1.66. The second kappa shape index (κ2) is 5.34. The van der Waals surface area contributed by atoms with Gasteiger partial charge in [0, 0.05) is 11.8 Å². The fourth-order valence-electron chi connectivity index (χ4n) is 3.63. The number of rotatable bonds is 3. The lowest BCUT2D eigenvalue weighted by molar-refractivity contribution is -0.0378. The zero-order valence-electron chi connectivity index (χ0n) is 13.1. The summed E-state index contributed by atoms with van der Waals surface area (Å²) in [5.41, 5.74) is 8.36. The van der Waals surface area contributed by atoms with E-state index in [9.17, 15) is 0 Å². The van der Waals surface area contributed by atoms with E-state index in [1.165, 1.54) is 6.42 Å². The van der Waals surface area contributed by atoms with Crippen LogP contribution in [-0.4, -0.2) is 11.1 Å². The van der Waals surface area contributed by atoms with E-state index in [4.69, 9.17) is 14.9 Å². The number of fused-ring (bicyclic) bond motifs is 1. The van der Waals surface area contributed by atoms with Gasteiger partial charge in [0.1, 0.15) is 12.1 Å². The first-order valence-corrected chi connectivity index (χ1v) is 7.68. The average Bonchev–Trinajstić information content (AvgIpc) is 2.76. The molecule has 0 spiro atoms. The van der Waals surface area contributed by atoms with Gasteiger partial charge in [-0.05, 0) is 42.7 Å². The number of nitrogen functional groups attached to an aromatic ring is 1. The van der Waals surface area contributed by atoms with Crippen LogP contribution in [0.2, 0.25) is 0 Å². The molecule has 2 unspecified atom stereocenters. The normalized spacial score (nSPS) is 25.3. The van der Waals surface area contributed by atoms with Gasteiger partial charge in [0.05, 0.1) is 6.10 Å². The van der Waals surface area contributed by atoms with E-state index in [0.29, 0.717) is 35.6 Å². The highest BCUT2D eigenvalue weighted by Crippen LogP contribution is 2.39. The van der Waals surface area contributed by atoms with Crippen molar-refractivity contribution in [1.82, 2.24) is 4.98 Å². The monoisotopic (exact) mass is 288 g/mol. The van der Waals surface area contributed by atoms with Crippen LogP contribution in [0.25, 0.3) is 11.1 Å². The Labute approximate surface area is 125 Å². The minimum Gasteiger partial charge on any atom is -0.438 e. The number of anilines is 1. The molecule has 114 valence electrons. The molecule has 0 amide bonds. The largest absolute Gasteiger partial charge is 0.438 e. The third-order valence-electron chi connectivity index (χ3n) is 4.25. The molecule has 3 rings (SSSR count). The molecule has 2 N–H and O–H groups in total. The average molecular weight is 288 g/mol. The van der Waals surface area contributed by atoms with Gasteiger partial charge < -0.3 is 14.9 Å².